The van der Waals surface area contributed by atoms with Crippen molar-refractivity contribution in [3.63, 3.8) is 0 Å². The minimum atomic E-state index is -0.373. The maximum absolute atomic E-state index is 10.1. The largest absolute Gasteiger partial charge is 0.389 e. The van der Waals surface area contributed by atoms with Crippen LogP contribution < -0.4 is 5.32 Å². The fourth-order valence-electron chi connectivity index (χ4n) is 2.56. The van der Waals surface area contributed by atoms with Gasteiger partial charge in [-0.25, -0.2) is 0 Å². The van der Waals surface area contributed by atoms with E-state index in [2.05, 4.69) is 12.2 Å². The average Bonchev–Trinajstić information content (AvgIpc) is 2.70. The Morgan fingerprint density at radius 3 is 2.31 bits per heavy atom. The first-order valence-corrected chi connectivity index (χ1v) is 7.20. The third-order valence-electron chi connectivity index (χ3n) is 3.70. The summed E-state index contributed by atoms with van der Waals surface area (Å²) < 4.78 is 0. The van der Waals surface area contributed by atoms with Gasteiger partial charge < -0.3 is 10.4 Å². The van der Waals surface area contributed by atoms with Gasteiger partial charge in [-0.15, -0.1) is 0 Å². The number of rotatable bonds is 9. The molecule has 0 radical (unpaired) electrons. The summed E-state index contributed by atoms with van der Waals surface area (Å²) >= 11 is 0. The van der Waals surface area contributed by atoms with Crippen LogP contribution in [-0.4, -0.2) is 23.8 Å². The molecule has 1 fully saturated rings. The van der Waals surface area contributed by atoms with Gasteiger partial charge in [-0.05, 0) is 25.8 Å². The number of unbranched alkanes of at least 4 members (excludes halogenated alkanes) is 5. The topological polar surface area (TPSA) is 32.3 Å². The van der Waals surface area contributed by atoms with Crippen LogP contribution in [0.5, 0.6) is 0 Å². The molecule has 0 saturated heterocycles. The summed E-state index contributed by atoms with van der Waals surface area (Å²) in [6.45, 7) is 4.14. The number of nitrogens with one attached hydrogen (secondary N) is 1. The van der Waals surface area contributed by atoms with Crippen molar-refractivity contribution < 1.29 is 5.11 Å². The molecule has 0 unspecified atom stereocenters. The molecule has 2 heteroatoms. The number of aliphatic hydroxyl groups is 1. The minimum absolute atomic E-state index is 0.373. The summed E-state index contributed by atoms with van der Waals surface area (Å²) in [5, 5.41) is 13.5. The zero-order valence-electron chi connectivity index (χ0n) is 10.9. The zero-order chi connectivity index (χ0) is 11.7. The quantitative estimate of drug-likeness (QED) is 0.593. The van der Waals surface area contributed by atoms with Crippen molar-refractivity contribution in [2.75, 3.05) is 13.1 Å². The van der Waals surface area contributed by atoms with Crippen molar-refractivity contribution in [2.24, 2.45) is 0 Å². The Morgan fingerprint density at radius 1 is 1.00 bits per heavy atom. The van der Waals surface area contributed by atoms with Crippen LogP contribution in [0, 0.1) is 0 Å². The van der Waals surface area contributed by atoms with Crippen LogP contribution in [0.15, 0.2) is 0 Å². The monoisotopic (exact) mass is 227 g/mol. The van der Waals surface area contributed by atoms with E-state index in [4.69, 9.17) is 0 Å². The van der Waals surface area contributed by atoms with Gasteiger partial charge in [-0.2, -0.15) is 0 Å². The van der Waals surface area contributed by atoms with Crippen molar-refractivity contribution in [1.82, 2.24) is 5.32 Å². The van der Waals surface area contributed by atoms with Gasteiger partial charge in [0.1, 0.15) is 0 Å². The van der Waals surface area contributed by atoms with E-state index in [1.54, 1.807) is 0 Å². The molecule has 2 nitrogen and oxygen atoms in total. The molecule has 1 rings (SSSR count). The van der Waals surface area contributed by atoms with Crippen LogP contribution in [0.3, 0.4) is 0 Å². The summed E-state index contributed by atoms with van der Waals surface area (Å²) in [5.74, 6) is 0. The minimum Gasteiger partial charge on any atom is -0.389 e. The van der Waals surface area contributed by atoms with Gasteiger partial charge in [-0.3, -0.25) is 0 Å². The highest BCUT2D eigenvalue weighted by atomic mass is 16.3. The van der Waals surface area contributed by atoms with Crippen molar-refractivity contribution in [2.45, 2.75) is 76.7 Å². The number of hydrogen-bond acceptors (Lipinski definition) is 2. The second-order valence-electron chi connectivity index (χ2n) is 5.38. The molecule has 0 bridgehead atoms. The summed E-state index contributed by atoms with van der Waals surface area (Å²) in [7, 11) is 0. The second-order valence-corrected chi connectivity index (χ2v) is 5.38. The predicted molar refractivity (Wildman–Crippen MR) is 69.7 cm³/mol. The van der Waals surface area contributed by atoms with Crippen LogP contribution in [0.4, 0.5) is 0 Å². The molecule has 0 spiro atoms. The predicted octanol–water partition coefficient (Wildman–Crippen LogP) is 3.24. The van der Waals surface area contributed by atoms with Crippen LogP contribution >= 0.6 is 0 Å². The Hall–Kier alpha value is -0.0800. The molecular weight excluding hydrogens is 198 g/mol. The molecule has 96 valence electrons. The molecule has 2 N–H and O–H groups in total. The third-order valence-corrected chi connectivity index (χ3v) is 3.70. The van der Waals surface area contributed by atoms with Crippen LogP contribution in [0.25, 0.3) is 0 Å². The molecule has 1 saturated carbocycles. The normalized spacial score (nSPS) is 19.1. The molecule has 0 aromatic rings. The molecule has 1 aliphatic rings. The smallest absolute Gasteiger partial charge is 0.0771 e. The Labute approximate surface area is 101 Å². The molecule has 1 aliphatic carbocycles. The lowest BCUT2D eigenvalue weighted by Gasteiger charge is -2.22. The average molecular weight is 227 g/mol. The van der Waals surface area contributed by atoms with Crippen molar-refractivity contribution >= 4 is 0 Å². The highest BCUT2D eigenvalue weighted by Gasteiger charge is 2.30. The van der Waals surface area contributed by atoms with Crippen LogP contribution in [0.1, 0.15) is 71.1 Å². The fourth-order valence-corrected chi connectivity index (χ4v) is 2.56. The Kier molecular flexibility index (Phi) is 7.06. The van der Waals surface area contributed by atoms with Gasteiger partial charge in [0.25, 0.3) is 0 Å². The van der Waals surface area contributed by atoms with Gasteiger partial charge in [0.2, 0.25) is 0 Å². The molecule has 0 aromatic carbocycles. The van der Waals surface area contributed by atoms with Gasteiger partial charge >= 0.3 is 0 Å². The molecule has 0 aromatic heterocycles. The molecule has 0 aliphatic heterocycles. The van der Waals surface area contributed by atoms with Gasteiger partial charge in [0.05, 0.1) is 5.60 Å². The van der Waals surface area contributed by atoms with Crippen LogP contribution in [-0.2, 0) is 0 Å². The summed E-state index contributed by atoms with van der Waals surface area (Å²) in [4.78, 5) is 0. The van der Waals surface area contributed by atoms with Gasteiger partial charge in [-0.1, -0.05) is 51.9 Å². The van der Waals surface area contributed by atoms with Crippen molar-refractivity contribution in [3.05, 3.63) is 0 Å². The number of hydrogen-bond donors (Lipinski definition) is 2. The first-order chi connectivity index (χ1) is 7.77. The Balaban J connectivity index is 1.84. The summed E-state index contributed by atoms with van der Waals surface area (Å²) in [5.41, 5.74) is -0.373. The summed E-state index contributed by atoms with van der Waals surface area (Å²) in [6, 6.07) is 0. The van der Waals surface area contributed by atoms with Gasteiger partial charge in [0, 0.05) is 6.54 Å². The maximum Gasteiger partial charge on any atom is 0.0771 e. The Bertz CT molecular complexity index is 164. The maximum atomic E-state index is 10.1. The SMILES string of the molecule is CCCCCCCCNCC1(O)CCCC1. The van der Waals surface area contributed by atoms with E-state index in [0.717, 1.165) is 25.9 Å². The van der Waals surface area contributed by atoms with E-state index in [1.165, 1.54) is 51.4 Å². The van der Waals surface area contributed by atoms with Gasteiger partial charge in [0.15, 0.2) is 0 Å². The Morgan fingerprint density at radius 2 is 1.62 bits per heavy atom. The molecule has 0 heterocycles. The standard InChI is InChI=1S/C14H29NO/c1-2-3-4-5-6-9-12-15-13-14(16)10-7-8-11-14/h15-16H,2-13H2,1H3. The van der Waals surface area contributed by atoms with E-state index >= 15 is 0 Å². The van der Waals surface area contributed by atoms with Crippen molar-refractivity contribution in [3.8, 4) is 0 Å². The lowest BCUT2D eigenvalue weighted by Crippen LogP contribution is -2.38. The summed E-state index contributed by atoms with van der Waals surface area (Å²) in [6.07, 6.45) is 12.5. The van der Waals surface area contributed by atoms with E-state index < -0.39 is 0 Å². The van der Waals surface area contributed by atoms with Crippen molar-refractivity contribution in [1.29, 1.82) is 0 Å². The lowest BCUT2D eigenvalue weighted by molar-refractivity contribution is 0.0479. The molecule has 0 amide bonds. The highest BCUT2D eigenvalue weighted by Crippen LogP contribution is 2.28. The van der Waals surface area contributed by atoms with E-state index in [-0.39, 0.29) is 5.60 Å². The highest BCUT2D eigenvalue weighted by molar-refractivity contribution is 4.85. The zero-order valence-corrected chi connectivity index (χ0v) is 10.9. The lowest BCUT2D eigenvalue weighted by atomic mass is 10.0. The fraction of sp³-hybridized carbons (Fsp3) is 1.00. The van der Waals surface area contributed by atoms with E-state index in [9.17, 15) is 5.11 Å². The first-order valence-electron chi connectivity index (χ1n) is 7.20. The van der Waals surface area contributed by atoms with E-state index in [0.29, 0.717) is 0 Å². The molecule has 16 heavy (non-hydrogen) atoms. The second kappa shape index (κ2) is 8.08. The molecular formula is C14H29NO. The van der Waals surface area contributed by atoms with E-state index in [1.807, 2.05) is 0 Å². The first kappa shape index (κ1) is 14.0. The molecule has 0 atom stereocenters. The van der Waals surface area contributed by atoms with Crippen LogP contribution in [0.2, 0.25) is 0 Å². The third kappa shape index (κ3) is 5.86.